The van der Waals surface area contributed by atoms with E-state index in [2.05, 4.69) is 16.4 Å². The van der Waals surface area contributed by atoms with Crippen molar-refractivity contribution in [2.45, 2.75) is 20.4 Å². The number of allylic oxidation sites excluding steroid dienone is 1. The number of hydrogen-bond donors (Lipinski definition) is 1. The van der Waals surface area contributed by atoms with Gasteiger partial charge in [0.05, 0.1) is 0 Å². The first kappa shape index (κ1) is 11.7. The molecule has 1 N–H and O–H groups in total. The van der Waals surface area contributed by atoms with Crippen LogP contribution in [0.4, 0.5) is 0 Å². The molecule has 0 aliphatic rings. The zero-order chi connectivity index (χ0) is 11.1. The van der Waals surface area contributed by atoms with Gasteiger partial charge in [-0.2, -0.15) is 0 Å². The molecule has 0 aliphatic carbocycles. The van der Waals surface area contributed by atoms with Gasteiger partial charge in [0, 0.05) is 18.3 Å². The van der Waals surface area contributed by atoms with Crippen LogP contribution in [0, 0.1) is 6.92 Å². The summed E-state index contributed by atoms with van der Waals surface area (Å²) in [6.45, 7) is 5.36. The standard InChI is InChI=1S/C12H18N2O/c1-4-5-6-15-12-8-11(9-13-3)7-10(2)14-12/h4-5,7-8,13H,6,9H2,1-3H3/b5-4+. The molecule has 0 saturated heterocycles. The SMILES string of the molecule is C/C=C/COc1cc(CNC)cc(C)n1. The van der Waals surface area contributed by atoms with Crippen molar-refractivity contribution in [1.29, 1.82) is 0 Å². The smallest absolute Gasteiger partial charge is 0.214 e. The normalized spacial score (nSPS) is 10.9. The average molecular weight is 206 g/mol. The lowest BCUT2D eigenvalue weighted by atomic mass is 10.2. The molecule has 0 bridgehead atoms. The topological polar surface area (TPSA) is 34.1 Å². The molecule has 0 saturated carbocycles. The van der Waals surface area contributed by atoms with Gasteiger partial charge in [0.15, 0.2) is 0 Å². The molecule has 0 atom stereocenters. The van der Waals surface area contributed by atoms with E-state index in [1.54, 1.807) is 0 Å². The molecular formula is C12H18N2O. The first-order valence-electron chi connectivity index (χ1n) is 5.12. The molecule has 0 amide bonds. The van der Waals surface area contributed by atoms with E-state index >= 15 is 0 Å². The van der Waals surface area contributed by atoms with Crippen LogP contribution >= 0.6 is 0 Å². The van der Waals surface area contributed by atoms with Gasteiger partial charge in [-0.15, -0.1) is 0 Å². The van der Waals surface area contributed by atoms with Gasteiger partial charge in [0.25, 0.3) is 0 Å². The van der Waals surface area contributed by atoms with E-state index in [0.29, 0.717) is 12.5 Å². The summed E-state index contributed by atoms with van der Waals surface area (Å²) in [6.07, 6.45) is 3.92. The van der Waals surface area contributed by atoms with Gasteiger partial charge in [-0.25, -0.2) is 4.98 Å². The monoisotopic (exact) mass is 206 g/mol. The molecule has 0 aliphatic heterocycles. The number of pyridine rings is 1. The lowest BCUT2D eigenvalue weighted by molar-refractivity contribution is 0.347. The highest BCUT2D eigenvalue weighted by molar-refractivity contribution is 5.24. The fraction of sp³-hybridized carbons (Fsp3) is 0.417. The molecule has 1 aromatic heterocycles. The maximum absolute atomic E-state index is 5.49. The van der Waals surface area contributed by atoms with E-state index in [0.717, 1.165) is 12.2 Å². The van der Waals surface area contributed by atoms with Crippen LogP contribution in [-0.2, 0) is 6.54 Å². The molecule has 0 aromatic carbocycles. The Hall–Kier alpha value is -1.35. The van der Waals surface area contributed by atoms with Crippen LogP contribution in [0.15, 0.2) is 24.3 Å². The van der Waals surface area contributed by atoms with Gasteiger partial charge in [-0.05, 0) is 32.5 Å². The summed E-state index contributed by atoms with van der Waals surface area (Å²) < 4.78 is 5.49. The minimum atomic E-state index is 0.575. The minimum absolute atomic E-state index is 0.575. The summed E-state index contributed by atoms with van der Waals surface area (Å²) in [5.74, 6) is 0.693. The van der Waals surface area contributed by atoms with E-state index < -0.39 is 0 Å². The van der Waals surface area contributed by atoms with Gasteiger partial charge < -0.3 is 10.1 Å². The highest BCUT2D eigenvalue weighted by atomic mass is 16.5. The number of ether oxygens (including phenoxy) is 1. The van der Waals surface area contributed by atoms with Gasteiger partial charge >= 0.3 is 0 Å². The van der Waals surface area contributed by atoms with Crippen LogP contribution in [-0.4, -0.2) is 18.6 Å². The predicted molar refractivity (Wildman–Crippen MR) is 62.0 cm³/mol. The minimum Gasteiger partial charge on any atom is -0.473 e. The third-order valence-electron chi connectivity index (χ3n) is 1.93. The molecule has 3 nitrogen and oxygen atoms in total. The van der Waals surface area contributed by atoms with Gasteiger partial charge in [0.1, 0.15) is 6.61 Å². The largest absolute Gasteiger partial charge is 0.473 e. The first-order chi connectivity index (χ1) is 7.26. The molecule has 15 heavy (non-hydrogen) atoms. The van der Waals surface area contributed by atoms with Crippen molar-refractivity contribution in [3.05, 3.63) is 35.5 Å². The zero-order valence-corrected chi connectivity index (χ0v) is 9.58. The Balaban J connectivity index is 2.70. The summed E-state index contributed by atoms with van der Waals surface area (Å²) in [5, 5.41) is 3.11. The van der Waals surface area contributed by atoms with Gasteiger partial charge in [-0.1, -0.05) is 12.2 Å². The van der Waals surface area contributed by atoms with Crippen molar-refractivity contribution < 1.29 is 4.74 Å². The lowest BCUT2D eigenvalue weighted by Crippen LogP contribution is -2.06. The van der Waals surface area contributed by atoms with E-state index in [-0.39, 0.29) is 0 Å². The van der Waals surface area contributed by atoms with Crippen LogP contribution in [0.1, 0.15) is 18.2 Å². The van der Waals surface area contributed by atoms with E-state index in [9.17, 15) is 0 Å². The van der Waals surface area contributed by atoms with E-state index in [1.807, 2.05) is 39.1 Å². The Bertz CT molecular complexity index is 334. The number of rotatable bonds is 5. The average Bonchev–Trinajstić information content (AvgIpc) is 2.18. The van der Waals surface area contributed by atoms with Crippen molar-refractivity contribution in [2.24, 2.45) is 0 Å². The highest BCUT2D eigenvalue weighted by Crippen LogP contribution is 2.12. The third kappa shape index (κ3) is 4.13. The first-order valence-corrected chi connectivity index (χ1v) is 5.12. The Morgan fingerprint density at radius 3 is 2.93 bits per heavy atom. The molecule has 0 radical (unpaired) electrons. The van der Waals surface area contributed by atoms with Crippen LogP contribution in [0.2, 0.25) is 0 Å². The van der Waals surface area contributed by atoms with Gasteiger partial charge in [0.2, 0.25) is 5.88 Å². The molecule has 1 heterocycles. The molecule has 1 rings (SSSR count). The molecule has 3 heteroatoms. The second kappa shape index (κ2) is 6.19. The summed E-state index contributed by atoms with van der Waals surface area (Å²) >= 11 is 0. The third-order valence-corrected chi connectivity index (χ3v) is 1.93. The summed E-state index contributed by atoms with van der Waals surface area (Å²) in [5.41, 5.74) is 2.18. The van der Waals surface area contributed by atoms with Gasteiger partial charge in [-0.3, -0.25) is 0 Å². The van der Waals surface area contributed by atoms with Crippen molar-refractivity contribution in [3.63, 3.8) is 0 Å². The molecule has 0 fully saturated rings. The number of hydrogen-bond acceptors (Lipinski definition) is 3. The molecule has 0 spiro atoms. The number of nitrogens with one attached hydrogen (secondary N) is 1. The van der Waals surface area contributed by atoms with Crippen LogP contribution < -0.4 is 10.1 Å². The molecule has 82 valence electrons. The van der Waals surface area contributed by atoms with Crippen LogP contribution in [0.25, 0.3) is 0 Å². The molecule has 1 aromatic rings. The summed E-state index contributed by atoms with van der Waals surface area (Å²) in [6, 6.07) is 4.02. The van der Waals surface area contributed by atoms with E-state index in [4.69, 9.17) is 4.74 Å². The Labute approximate surface area is 91.2 Å². The maximum Gasteiger partial charge on any atom is 0.214 e. The Morgan fingerprint density at radius 1 is 1.47 bits per heavy atom. The quantitative estimate of drug-likeness (QED) is 0.749. The fourth-order valence-electron chi connectivity index (χ4n) is 1.32. The van der Waals surface area contributed by atoms with Crippen molar-refractivity contribution in [1.82, 2.24) is 10.3 Å². The lowest BCUT2D eigenvalue weighted by Gasteiger charge is -2.06. The Kier molecular flexibility index (Phi) is 4.84. The fourth-order valence-corrected chi connectivity index (χ4v) is 1.32. The summed E-state index contributed by atoms with van der Waals surface area (Å²) in [4.78, 5) is 4.30. The molecular weight excluding hydrogens is 188 g/mol. The number of aromatic nitrogens is 1. The van der Waals surface area contributed by atoms with Crippen molar-refractivity contribution in [3.8, 4) is 5.88 Å². The van der Waals surface area contributed by atoms with Crippen molar-refractivity contribution >= 4 is 0 Å². The Morgan fingerprint density at radius 2 is 2.27 bits per heavy atom. The van der Waals surface area contributed by atoms with Crippen LogP contribution in [0.3, 0.4) is 0 Å². The number of aryl methyl sites for hydroxylation is 1. The maximum atomic E-state index is 5.49. The molecule has 0 unspecified atom stereocenters. The predicted octanol–water partition coefficient (Wildman–Crippen LogP) is 2.06. The zero-order valence-electron chi connectivity index (χ0n) is 9.58. The highest BCUT2D eigenvalue weighted by Gasteiger charge is 1.99. The van der Waals surface area contributed by atoms with Crippen LogP contribution in [0.5, 0.6) is 5.88 Å². The van der Waals surface area contributed by atoms with E-state index in [1.165, 1.54) is 5.56 Å². The number of nitrogens with zero attached hydrogens (tertiary/aromatic N) is 1. The second-order valence-electron chi connectivity index (χ2n) is 3.37. The van der Waals surface area contributed by atoms with Crippen molar-refractivity contribution in [2.75, 3.05) is 13.7 Å². The summed E-state index contributed by atoms with van der Waals surface area (Å²) in [7, 11) is 1.93. The second-order valence-corrected chi connectivity index (χ2v) is 3.37.